The van der Waals surface area contributed by atoms with Crippen LogP contribution in [-0.4, -0.2) is 57.2 Å². The molecule has 0 amide bonds. The molecule has 1 aromatic rings. The van der Waals surface area contributed by atoms with Gasteiger partial charge in [0.05, 0.1) is 13.2 Å². The molecule has 0 heterocycles. The minimum absolute atomic E-state index is 0.0382. The van der Waals surface area contributed by atoms with Crippen LogP contribution in [0.3, 0.4) is 0 Å². The third-order valence-electron chi connectivity index (χ3n) is 3.05. The lowest BCUT2D eigenvalue weighted by atomic mass is 10.1. The lowest BCUT2D eigenvalue weighted by Crippen LogP contribution is -2.36. The largest absolute Gasteiger partial charge is 0.508 e. The molecule has 8 heteroatoms. The van der Waals surface area contributed by atoms with Gasteiger partial charge in [0.1, 0.15) is 11.5 Å². The topological polar surface area (TPSA) is 119 Å². The van der Waals surface area contributed by atoms with Crippen LogP contribution in [0.15, 0.2) is 18.2 Å². The first-order chi connectivity index (χ1) is 10.5. The summed E-state index contributed by atoms with van der Waals surface area (Å²) in [5.41, 5.74) is 6.19. The van der Waals surface area contributed by atoms with Gasteiger partial charge in [0.2, 0.25) is 0 Å². The molecule has 126 valence electrons. The minimum atomic E-state index is -0.235. The van der Waals surface area contributed by atoms with E-state index in [0.29, 0.717) is 17.1 Å². The van der Waals surface area contributed by atoms with E-state index < -0.39 is 0 Å². The van der Waals surface area contributed by atoms with E-state index >= 15 is 0 Å². The maximum Gasteiger partial charge on any atom is 0.120 e. The van der Waals surface area contributed by atoms with Crippen LogP contribution in [-0.2, 0) is 0 Å². The fraction of sp³-hybridized carbons (Fsp3) is 0.571. The minimum Gasteiger partial charge on any atom is -0.508 e. The fourth-order valence-corrected chi connectivity index (χ4v) is 4.24. The van der Waals surface area contributed by atoms with Crippen LogP contribution in [0.25, 0.3) is 0 Å². The van der Waals surface area contributed by atoms with E-state index in [4.69, 9.17) is 10.8 Å². The Kier molecular flexibility index (Phi) is 8.99. The molecule has 0 aliphatic carbocycles. The lowest BCUT2D eigenvalue weighted by molar-refractivity contribution is 0.245. The third-order valence-corrected chi connectivity index (χ3v) is 5.64. The normalized spacial score (nSPS) is 15.5. The molecule has 3 unspecified atom stereocenters. The Morgan fingerprint density at radius 1 is 1.14 bits per heavy atom. The Morgan fingerprint density at radius 2 is 1.82 bits per heavy atom. The van der Waals surface area contributed by atoms with Crippen LogP contribution in [0.5, 0.6) is 11.5 Å². The fourth-order valence-electron chi connectivity index (χ4n) is 1.80. The number of hydrogen-bond donors (Lipinski definition) is 6. The van der Waals surface area contributed by atoms with Crippen molar-refractivity contribution in [3.05, 3.63) is 23.8 Å². The number of aromatic hydroxyl groups is 2. The van der Waals surface area contributed by atoms with Crippen molar-refractivity contribution in [1.29, 1.82) is 0 Å². The molecule has 0 bridgehead atoms. The van der Waals surface area contributed by atoms with Gasteiger partial charge in [-0.15, -0.1) is 0 Å². The first-order valence-electron chi connectivity index (χ1n) is 6.97. The summed E-state index contributed by atoms with van der Waals surface area (Å²) < 4.78 is 0. The van der Waals surface area contributed by atoms with E-state index in [-0.39, 0.29) is 42.8 Å². The highest BCUT2D eigenvalue weighted by Crippen LogP contribution is 2.29. The number of hydrogen-bond acceptors (Lipinski definition) is 8. The average Bonchev–Trinajstić information content (AvgIpc) is 2.51. The summed E-state index contributed by atoms with van der Waals surface area (Å²) in [4.78, 5) is 0. The lowest BCUT2D eigenvalue weighted by Gasteiger charge is -2.22. The smallest absolute Gasteiger partial charge is 0.120 e. The van der Waals surface area contributed by atoms with Gasteiger partial charge in [-0.1, -0.05) is 21.6 Å². The summed E-state index contributed by atoms with van der Waals surface area (Å²) in [6.45, 7) is 1.78. The molecule has 0 radical (unpaired) electrons. The summed E-state index contributed by atoms with van der Waals surface area (Å²) in [6.07, 6.45) is 0. The van der Waals surface area contributed by atoms with Gasteiger partial charge in [-0.25, -0.2) is 0 Å². The SMILES string of the molecule is CC(NC(CO)CSSCC(N)CO)c1cc(O)ccc1O. The second-order valence-corrected chi connectivity index (χ2v) is 7.57. The number of phenolic OH excluding ortho intramolecular Hbond substituents is 2. The van der Waals surface area contributed by atoms with E-state index in [1.807, 2.05) is 6.92 Å². The van der Waals surface area contributed by atoms with Crippen LogP contribution in [0.2, 0.25) is 0 Å². The van der Waals surface area contributed by atoms with Crippen LogP contribution in [0, 0.1) is 0 Å². The summed E-state index contributed by atoms with van der Waals surface area (Å²) in [5.74, 6) is 1.49. The Balaban J connectivity index is 2.46. The number of phenols is 2. The molecule has 0 aliphatic heterocycles. The van der Waals surface area contributed by atoms with Gasteiger partial charge < -0.3 is 31.5 Å². The second kappa shape index (κ2) is 10.2. The van der Waals surface area contributed by atoms with E-state index in [2.05, 4.69) is 5.32 Å². The molecule has 7 N–H and O–H groups in total. The second-order valence-electron chi connectivity index (χ2n) is 5.02. The third kappa shape index (κ3) is 6.64. The van der Waals surface area contributed by atoms with Crippen molar-refractivity contribution < 1.29 is 20.4 Å². The maximum absolute atomic E-state index is 9.83. The molecule has 0 saturated heterocycles. The maximum atomic E-state index is 9.83. The van der Waals surface area contributed by atoms with Crippen molar-refractivity contribution in [3.63, 3.8) is 0 Å². The average molecular weight is 348 g/mol. The first kappa shape index (κ1) is 19.4. The van der Waals surface area contributed by atoms with Crippen molar-refractivity contribution in [2.24, 2.45) is 5.73 Å². The molecule has 3 atom stereocenters. The zero-order valence-corrected chi connectivity index (χ0v) is 14.1. The highest BCUT2D eigenvalue weighted by molar-refractivity contribution is 8.76. The number of nitrogens with one attached hydrogen (secondary N) is 1. The molecule has 6 nitrogen and oxygen atoms in total. The van der Waals surface area contributed by atoms with E-state index in [9.17, 15) is 15.3 Å². The van der Waals surface area contributed by atoms with Gasteiger partial charge in [0.15, 0.2) is 0 Å². The molecule has 0 aromatic heterocycles. The van der Waals surface area contributed by atoms with Crippen molar-refractivity contribution in [2.45, 2.75) is 25.0 Å². The molecular weight excluding hydrogens is 324 g/mol. The summed E-state index contributed by atoms with van der Waals surface area (Å²) in [5, 5.41) is 40.8. The predicted octanol–water partition coefficient (Wildman–Crippen LogP) is 0.810. The molecular formula is C14H24N2O4S2. The van der Waals surface area contributed by atoms with Crippen molar-refractivity contribution in [2.75, 3.05) is 24.7 Å². The van der Waals surface area contributed by atoms with Gasteiger partial charge in [-0.3, -0.25) is 0 Å². The molecule has 22 heavy (non-hydrogen) atoms. The Morgan fingerprint density at radius 3 is 2.45 bits per heavy atom. The number of nitrogens with two attached hydrogens (primary N) is 1. The molecule has 1 aromatic carbocycles. The zero-order valence-electron chi connectivity index (χ0n) is 12.5. The van der Waals surface area contributed by atoms with Gasteiger partial charge >= 0.3 is 0 Å². The quantitative estimate of drug-likeness (QED) is 0.209. The van der Waals surface area contributed by atoms with Gasteiger partial charge in [-0.05, 0) is 25.1 Å². The van der Waals surface area contributed by atoms with Gasteiger partial charge in [-0.2, -0.15) is 0 Å². The predicted molar refractivity (Wildman–Crippen MR) is 92.2 cm³/mol. The van der Waals surface area contributed by atoms with E-state index in [0.717, 1.165) is 0 Å². The summed E-state index contributed by atoms with van der Waals surface area (Å²) in [7, 11) is 3.11. The number of aliphatic hydroxyl groups is 2. The van der Waals surface area contributed by atoms with Crippen LogP contribution in [0.1, 0.15) is 18.5 Å². The molecule has 0 fully saturated rings. The summed E-state index contributed by atoms with van der Waals surface area (Å²) >= 11 is 0. The Labute approximate surface area is 138 Å². The first-order valence-corrected chi connectivity index (χ1v) is 9.46. The highest BCUT2D eigenvalue weighted by Gasteiger charge is 2.16. The Bertz CT molecular complexity index is 451. The van der Waals surface area contributed by atoms with E-state index in [1.54, 1.807) is 21.6 Å². The monoisotopic (exact) mass is 348 g/mol. The summed E-state index contributed by atoms with van der Waals surface area (Å²) in [6, 6.07) is 3.77. The Hall–Kier alpha value is -0.640. The molecule has 0 saturated carbocycles. The van der Waals surface area contributed by atoms with Crippen LogP contribution >= 0.6 is 21.6 Å². The molecule has 1 rings (SSSR count). The molecule has 0 spiro atoms. The van der Waals surface area contributed by atoms with Crippen LogP contribution in [0.4, 0.5) is 0 Å². The van der Waals surface area contributed by atoms with E-state index in [1.165, 1.54) is 18.2 Å². The standard InChI is InChI=1S/C14H24N2O4S2/c1-9(13-4-12(19)2-3-14(13)20)16-11(6-18)8-22-21-7-10(15)5-17/h2-4,9-11,16-20H,5-8,15H2,1H3. The van der Waals surface area contributed by atoms with Gasteiger partial charge in [0, 0.05) is 35.2 Å². The highest BCUT2D eigenvalue weighted by atomic mass is 33.1. The van der Waals surface area contributed by atoms with Crippen molar-refractivity contribution >= 4 is 21.6 Å². The number of benzene rings is 1. The van der Waals surface area contributed by atoms with Crippen molar-refractivity contribution in [1.82, 2.24) is 5.32 Å². The number of rotatable bonds is 10. The van der Waals surface area contributed by atoms with Crippen LogP contribution < -0.4 is 11.1 Å². The number of aliphatic hydroxyl groups excluding tert-OH is 2. The van der Waals surface area contributed by atoms with Gasteiger partial charge in [0.25, 0.3) is 0 Å². The molecule has 0 aliphatic rings. The van der Waals surface area contributed by atoms with Crippen molar-refractivity contribution in [3.8, 4) is 11.5 Å². The zero-order chi connectivity index (χ0) is 16.5.